The van der Waals surface area contributed by atoms with Gasteiger partial charge in [0.05, 0.1) is 0 Å². The van der Waals surface area contributed by atoms with Crippen LogP contribution in [0.5, 0.6) is 0 Å². The molecule has 0 amide bonds. The van der Waals surface area contributed by atoms with Crippen molar-refractivity contribution in [3.05, 3.63) is 47.1 Å². The molecule has 0 aliphatic heterocycles. The van der Waals surface area contributed by atoms with Crippen molar-refractivity contribution in [2.75, 3.05) is 23.7 Å². The second kappa shape index (κ2) is 8.15. The molecule has 2 rings (SSSR count). The third-order valence-electron chi connectivity index (χ3n) is 3.20. The third-order valence-corrected chi connectivity index (χ3v) is 3.20. The zero-order valence-electron chi connectivity index (χ0n) is 12.7. The van der Waals surface area contributed by atoms with Gasteiger partial charge in [0.15, 0.2) is 0 Å². The fraction of sp³-hybridized carbons (Fsp3) is 0.286. The lowest BCUT2D eigenvalue weighted by Crippen LogP contribution is -2.13. The van der Waals surface area contributed by atoms with E-state index in [9.17, 15) is 35.1 Å². The van der Waals surface area contributed by atoms with Crippen LogP contribution in [0.15, 0.2) is 0 Å². The maximum Gasteiger partial charge on any atom is 0.253 e. The minimum Gasteiger partial charge on any atom is -0.380 e. The molecular formula is C14H10F8N4. The first kappa shape index (κ1) is 19.7. The molecule has 0 aromatic carbocycles. The largest absolute Gasteiger partial charge is 0.380 e. The van der Waals surface area contributed by atoms with Crippen LogP contribution in [-0.2, 0) is 0 Å². The first-order chi connectivity index (χ1) is 12.2. The Morgan fingerprint density at radius 2 is 0.769 bits per heavy atom. The molecule has 0 fully saturated rings. The molecule has 2 aromatic heterocycles. The number of hydrogen-bond acceptors (Lipinski definition) is 4. The Kier molecular flexibility index (Phi) is 6.16. The first-order valence-corrected chi connectivity index (χ1v) is 7.11. The standard InChI is InChI=1S/C14H10F8N4/c15-5-9(6(16)12(20)25-11(5)19)23-3-1-2-4-24-10-7(17)13(21)26-14(22)8(10)18/h1-4H2,(H,23,25)(H,24,26). The molecular weight excluding hydrogens is 376 g/mol. The Morgan fingerprint density at radius 3 is 1.04 bits per heavy atom. The number of hydrogen-bond donors (Lipinski definition) is 2. The topological polar surface area (TPSA) is 49.8 Å². The van der Waals surface area contributed by atoms with E-state index in [2.05, 4.69) is 20.6 Å². The highest BCUT2D eigenvalue weighted by atomic mass is 19.2. The fourth-order valence-corrected chi connectivity index (χ4v) is 1.96. The van der Waals surface area contributed by atoms with Crippen LogP contribution in [-0.4, -0.2) is 23.1 Å². The molecule has 12 heteroatoms. The van der Waals surface area contributed by atoms with Crippen molar-refractivity contribution < 1.29 is 35.1 Å². The predicted molar refractivity (Wildman–Crippen MR) is 74.4 cm³/mol. The van der Waals surface area contributed by atoms with Gasteiger partial charge in [0, 0.05) is 13.1 Å². The van der Waals surface area contributed by atoms with Crippen molar-refractivity contribution in [2.45, 2.75) is 12.8 Å². The number of nitrogens with zero attached hydrogens (tertiary/aromatic N) is 2. The van der Waals surface area contributed by atoms with Gasteiger partial charge in [-0.1, -0.05) is 0 Å². The van der Waals surface area contributed by atoms with Crippen LogP contribution in [0.4, 0.5) is 46.5 Å². The maximum absolute atomic E-state index is 13.3. The van der Waals surface area contributed by atoms with Gasteiger partial charge in [0.25, 0.3) is 23.8 Å². The van der Waals surface area contributed by atoms with Gasteiger partial charge in [-0.25, -0.2) is 0 Å². The summed E-state index contributed by atoms with van der Waals surface area (Å²) in [7, 11) is 0. The van der Waals surface area contributed by atoms with Crippen LogP contribution < -0.4 is 10.6 Å². The highest BCUT2D eigenvalue weighted by molar-refractivity contribution is 5.46. The molecule has 4 nitrogen and oxygen atoms in total. The molecule has 0 aliphatic carbocycles. The van der Waals surface area contributed by atoms with Crippen molar-refractivity contribution >= 4 is 11.4 Å². The summed E-state index contributed by atoms with van der Waals surface area (Å²) in [5.74, 6) is -14.1. The van der Waals surface area contributed by atoms with Crippen LogP contribution in [0.1, 0.15) is 12.8 Å². The van der Waals surface area contributed by atoms with E-state index < -0.39 is 58.4 Å². The van der Waals surface area contributed by atoms with Gasteiger partial charge >= 0.3 is 0 Å². The lowest BCUT2D eigenvalue weighted by Gasteiger charge is -2.11. The highest BCUT2D eigenvalue weighted by Crippen LogP contribution is 2.23. The molecule has 0 bridgehead atoms. The van der Waals surface area contributed by atoms with Gasteiger partial charge in [0.2, 0.25) is 23.3 Å². The van der Waals surface area contributed by atoms with Gasteiger partial charge in [-0.05, 0) is 12.8 Å². The molecule has 0 aliphatic rings. The summed E-state index contributed by atoms with van der Waals surface area (Å²) in [6, 6.07) is 0. The molecule has 0 saturated carbocycles. The number of rotatable bonds is 7. The predicted octanol–water partition coefficient (Wildman–Crippen LogP) is 3.89. The molecule has 2 aromatic rings. The quantitative estimate of drug-likeness (QED) is 0.431. The smallest absolute Gasteiger partial charge is 0.253 e. The van der Waals surface area contributed by atoms with Gasteiger partial charge < -0.3 is 10.6 Å². The lowest BCUT2D eigenvalue weighted by atomic mass is 10.2. The Balaban J connectivity index is 1.86. The van der Waals surface area contributed by atoms with Crippen LogP contribution in [0, 0.1) is 47.1 Å². The summed E-state index contributed by atoms with van der Waals surface area (Å²) < 4.78 is 105. The number of halogens is 8. The number of anilines is 2. The second-order valence-electron chi connectivity index (χ2n) is 4.95. The average Bonchev–Trinajstić information content (AvgIpc) is 2.59. The Bertz CT molecular complexity index is 695. The Hall–Kier alpha value is -2.66. The summed E-state index contributed by atoms with van der Waals surface area (Å²) in [4.78, 5) is 4.77. The van der Waals surface area contributed by atoms with E-state index in [1.165, 1.54) is 0 Å². The molecule has 0 unspecified atom stereocenters. The summed E-state index contributed by atoms with van der Waals surface area (Å²) in [6.07, 6.45) is 0.244. The van der Waals surface area contributed by atoms with Crippen molar-refractivity contribution in [1.82, 2.24) is 9.97 Å². The van der Waals surface area contributed by atoms with Crippen molar-refractivity contribution in [2.24, 2.45) is 0 Å². The summed E-state index contributed by atoms with van der Waals surface area (Å²) in [5, 5.41) is 4.25. The molecule has 0 atom stereocenters. The molecule has 26 heavy (non-hydrogen) atoms. The zero-order chi connectivity index (χ0) is 19.4. The molecule has 2 heterocycles. The van der Waals surface area contributed by atoms with Crippen LogP contribution >= 0.6 is 0 Å². The second-order valence-corrected chi connectivity index (χ2v) is 4.95. The Morgan fingerprint density at radius 1 is 0.500 bits per heavy atom. The molecule has 0 saturated heterocycles. The van der Waals surface area contributed by atoms with Gasteiger partial charge in [-0.3, -0.25) is 0 Å². The van der Waals surface area contributed by atoms with Crippen LogP contribution in [0.3, 0.4) is 0 Å². The third kappa shape index (κ3) is 4.11. The summed E-state index contributed by atoms with van der Waals surface area (Å²) in [5.41, 5.74) is -2.09. The highest BCUT2D eigenvalue weighted by Gasteiger charge is 2.21. The number of pyridine rings is 2. The van der Waals surface area contributed by atoms with Crippen LogP contribution in [0.25, 0.3) is 0 Å². The minimum absolute atomic E-state index is 0.122. The minimum atomic E-state index is -1.82. The Labute approximate surface area is 141 Å². The lowest BCUT2D eigenvalue weighted by molar-refractivity contribution is 0.410. The van der Waals surface area contributed by atoms with E-state index in [0.717, 1.165) is 0 Å². The average molecular weight is 386 g/mol. The van der Waals surface area contributed by atoms with E-state index >= 15 is 0 Å². The molecule has 2 N–H and O–H groups in total. The normalized spacial score (nSPS) is 10.9. The molecule has 0 radical (unpaired) electrons. The van der Waals surface area contributed by atoms with E-state index in [1.54, 1.807) is 0 Å². The fourth-order valence-electron chi connectivity index (χ4n) is 1.96. The van der Waals surface area contributed by atoms with Crippen LogP contribution in [0.2, 0.25) is 0 Å². The summed E-state index contributed by atoms with van der Waals surface area (Å²) >= 11 is 0. The van der Waals surface area contributed by atoms with Gasteiger partial charge in [0.1, 0.15) is 11.4 Å². The first-order valence-electron chi connectivity index (χ1n) is 7.11. The van der Waals surface area contributed by atoms with E-state index in [4.69, 9.17) is 0 Å². The number of nitrogens with one attached hydrogen (secondary N) is 2. The monoisotopic (exact) mass is 386 g/mol. The van der Waals surface area contributed by atoms with E-state index in [0.29, 0.717) is 0 Å². The zero-order valence-corrected chi connectivity index (χ0v) is 12.7. The maximum atomic E-state index is 13.3. The van der Waals surface area contributed by atoms with Gasteiger partial charge in [-0.15, -0.1) is 0 Å². The van der Waals surface area contributed by atoms with E-state index in [1.807, 2.05) is 0 Å². The number of aromatic nitrogens is 2. The SMILES string of the molecule is Fc1nc(F)c(F)c(NCCCCNc2c(F)c(F)nc(F)c2F)c1F. The van der Waals surface area contributed by atoms with Crippen molar-refractivity contribution in [3.8, 4) is 0 Å². The van der Waals surface area contributed by atoms with E-state index in [-0.39, 0.29) is 25.9 Å². The molecule has 142 valence electrons. The van der Waals surface area contributed by atoms with Crippen molar-refractivity contribution in [1.29, 1.82) is 0 Å². The number of unbranched alkanes of at least 4 members (excludes halogenated alkanes) is 1. The summed E-state index contributed by atoms with van der Waals surface area (Å²) in [6.45, 7) is -0.328. The molecule has 0 spiro atoms. The van der Waals surface area contributed by atoms with Crippen molar-refractivity contribution in [3.63, 3.8) is 0 Å². The van der Waals surface area contributed by atoms with Gasteiger partial charge in [-0.2, -0.15) is 45.1 Å².